The largest absolute Gasteiger partial charge is 0.467 e. The third-order valence-corrected chi connectivity index (χ3v) is 2.59. The van der Waals surface area contributed by atoms with E-state index in [1.807, 2.05) is 6.92 Å². The normalized spacial score (nSPS) is 12.9. The molecule has 0 radical (unpaired) electrons. The lowest BCUT2D eigenvalue weighted by molar-refractivity contribution is -0.141. The predicted octanol–water partition coefficient (Wildman–Crippen LogP) is 3.15. The molecule has 0 saturated carbocycles. The van der Waals surface area contributed by atoms with Crippen LogP contribution in [0.4, 0.5) is 18.9 Å². The molecule has 1 aromatic carbocycles. The van der Waals surface area contributed by atoms with E-state index in [4.69, 9.17) is 0 Å². The Kier molecular flexibility index (Phi) is 5.20. The summed E-state index contributed by atoms with van der Waals surface area (Å²) >= 11 is 0. The van der Waals surface area contributed by atoms with Crippen molar-refractivity contribution in [1.29, 1.82) is 0 Å². The number of rotatable bonds is 5. The maximum absolute atomic E-state index is 12.2. The minimum absolute atomic E-state index is 0.184. The molecule has 1 atom stereocenters. The Morgan fingerprint density at radius 2 is 1.89 bits per heavy atom. The second-order valence-electron chi connectivity index (χ2n) is 4.12. The van der Waals surface area contributed by atoms with Crippen LogP contribution in [0, 0.1) is 0 Å². The average Bonchev–Trinajstić information content (AvgIpc) is 2.35. The van der Waals surface area contributed by atoms with Crippen molar-refractivity contribution in [1.82, 2.24) is 0 Å². The molecule has 0 heterocycles. The quantitative estimate of drug-likeness (QED) is 0.839. The fourth-order valence-corrected chi connectivity index (χ4v) is 1.62. The number of benzene rings is 1. The van der Waals surface area contributed by atoms with E-state index >= 15 is 0 Å². The Labute approximate surface area is 109 Å². The standard InChI is InChI=1S/C13H16F3NO2/c1-3-11(12(18)19-2)17-10-6-4-9(5-7-10)8-13(14,15)16/h4-7,11,17H,3,8H2,1-2H3/t11-/m0/s1. The minimum atomic E-state index is -4.22. The Bertz CT molecular complexity index is 415. The Morgan fingerprint density at radius 1 is 1.32 bits per heavy atom. The molecule has 1 rings (SSSR count). The molecule has 0 aliphatic rings. The summed E-state index contributed by atoms with van der Waals surface area (Å²) in [6, 6.07) is 5.32. The van der Waals surface area contributed by atoms with Crippen molar-refractivity contribution in [3.8, 4) is 0 Å². The van der Waals surface area contributed by atoms with Crippen molar-refractivity contribution in [2.45, 2.75) is 32.0 Å². The Morgan fingerprint density at radius 3 is 2.32 bits per heavy atom. The van der Waals surface area contributed by atoms with Crippen molar-refractivity contribution in [2.24, 2.45) is 0 Å². The molecular formula is C13H16F3NO2. The van der Waals surface area contributed by atoms with Crippen LogP contribution in [0.1, 0.15) is 18.9 Å². The summed E-state index contributed by atoms with van der Waals surface area (Å²) in [5, 5.41) is 2.91. The first-order valence-corrected chi connectivity index (χ1v) is 5.85. The van der Waals surface area contributed by atoms with E-state index in [1.165, 1.54) is 31.4 Å². The van der Waals surface area contributed by atoms with E-state index in [0.717, 1.165) is 0 Å². The second-order valence-corrected chi connectivity index (χ2v) is 4.12. The highest BCUT2D eigenvalue weighted by Crippen LogP contribution is 2.22. The van der Waals surface area contributed by atoms with Gasteiger partial charge in [-0.05, 0) is 24.1 Å². The summed E-state index contributed by atoms with van der Waals surface area (Å²) in [5.41, 5.74) is 0.771. The highest BCUT2D eigenvalue weighted by Gasteiger charge is 2.27. The highest BCUT2D eigenvalue weighted by molar-refractivity contribution is 5.79. The van der Waals surface area contributed by atoms with Crippen LogP contribution in [-0.4, -0.2) is 25.3 Å². The summed E-state index contributed by atoms with van der Waals surface area (Å²) in [4.78, 5) is 11.4. The third kappa shape index (κ3) is 5.19. The monoisotopic (exact) mass is 275 g/mol. The van der Waals surface area contributed by atoms with Gasteiger partial charge < -0.3 is 10.1 Å². The number of carbonyl (C=O) groups excluding carboxylic acids is 1. The molecule has 0 amide bonds. The molecule has 19 heavy (non-hydrogen) atoms. The molecule has 0 aromatic heterocycles. The van der Waals surface area contributed by atoms with E-state index in [9.17, 15) is 18.0 Å². The van der Waals surface area contributed by atoms with Gasteiger partial charge in [0.1, 0.15) is 6.04 Å². The summed E-state index contributed by atoms with van der Waals surface area (Å²) in [6.45, 7) is 1.81. The van der Waals surface area contributed by atoms with Crippen molar-refractivity contribution < 1.29 is 22.7 Å². The van der Waals surface area contributed by atoms with Gasteiger partial charge >= 0.3 is 12.1 Å². The number of ether oxygens (including phenoxy) is 1. The zero-order valence-corrected chi connectivity index (χ0v) is 10.8. The molecule has 0 spiro atoms. The van der Waals surface area contributed by atoms with Gasteiger partial charge in [0.05, 0.1) is 13.5 Å². The van der Waals surface area contributed by atoms with Gasteiger partial charge in [0.15, 0.2) is 0 Å². The Balaban J connectivity index is 2.68. The van der Waals surface area contributed by atoms with Crippen LogP contribution in [0.2, 0.25) is 0 Å². The molecule has 0 aliphatic carbocycles. The van der Waals surface area contributed by atoms with E-state index in [-0.39, 0.29) is 5.56 Å². The van der Waals surface area contributed by atoms with Crippen molar-refractivity contribution in [2.75, 3.05) is 12.4 Å². The van der Waals surface area contributed by atoms with Gasteiger partial charge in [0.2, 0.25) is 0 Å². The smallest absolute Gasteiger partial charge is 0.393 e. The van der Waals surface area contributed by atoms with Gasteiger partial charge in [0, 0.05) is 5.69 Å². The van der Waals surface area contributed by atoms with Crippen LogP contribution in [0.25, 0.3) is 0 Å². The lowest BCUT2D eigenvalue weighted by atomic mass is 10.1. The second kappa shape index (κ2) is 6.45. The van der Waals surface area contributed by atoms with E-state index in [1.54, 1.807) is 0 Å². The minimum Gasteiger partial charge on any atom is -0.467 e. The number of halogens is 3. The van der Waals surface area contributed by atoms with Crippen LogP contribution >= 0.6 is 0 Å². The maximum Gasteiger partial charge on any atom is 0.393 e. The number of hydrogen-bond donors (Lipinski definition) is 1. The Hall–Kier alpha value is -1.72. The summed E-state index contributed by atoms with van der Waals surface area (Å²) in [7, 11) is 1.29. The fourth-order valence-electron chi connectivity index (χ4n) is 1.62. The van der Waals surface area contributed by atoms with Gasteiger partial charge in [-0.1, -0.05) is 19.1 Å². The molecule has 6 heteroatoms. The molecule has 106 valence electrons. The first-order valence-electron chi connectivity index (χ1n) is 5.85. The third-order valence-electron chi connectivity index (χ3n) is 2.59. The molecule has 3 nitrogen and oxygen atoms in total. The molecule has 0 bridgehead atoms. The lowest BCUT2D eigenvalue weighted by Gasteiger charge is -2.16. The average molecular weight is 275 g/mol. The number of hydrogen-bond acceptors (Lipinski definition) is 3. The van der Waals surface area contributed by atoms with Gasteiger partial charge in [-0.15, -0.1) is 0 Å². The van der Waals surface area contributed by atoms with Crippen molar-refractivity contribution in [3.63, 3.8) is 0 Å². The van der Waals surface area contributed by atoms with Crippen LogP contribution < -0.4 is 5.32 Å². The topological polar surface area (TPSA) is 38.3 Å². The number of carbonyl (C=O) groups is 1. The molecule has 0 unspecified atom stereocenters. The van der Waals surface area contributed by atoms with E-state index in [0.29, 0.717) is 12.1 Å². The van der Waals surface area contributed by atoms with Crippen LogP contribution in [0.3, 0.4) is 0 Å². The van der Waals surface area contributed by atoms with Crippen LogP contribution in [-0.2, 0) is 16.0 Å². The molecule has 0 aliphatic heterocycles. The summed E-state index contributed by atoms with van der Waals surface area (Å²) in [5.74, 6) is -0.401. The van der Waals surface area contributed by atoms with Gasteiger partial charge in [-0.3, -0.25) is 0 Å². The number of anilines is 1. The number of esters is 1. The highest BCUT2D eigenvalue weighted by atomic mass is 19.4. The molecule has 0 fully saturated rings. The number of alkyl halides is 3. The molecule has 0 saturated heterocycles. The van der Waals surface area contributed by atoms with E-state index < -0.39 is 24.6 Å². The zero-order valence-electron chi connectivity index (χ0n) is 10.8. The van der Waals surface area contributed by atoms with E-state index in [2.05, 4.69) is 10.1 Å². The van der Waals surface area contributed by atoms with Gasteiger partial charge in [0.25, 0.3) is 0 Å². The van der Waals surface area contributed by atoms with Crippen LogP contribution in [0.15, 0.2) is 24.3 Å². The predicted molar refractivity (Wildman–Crippen MR) is 65.9 cm³/mol. The van der Waals surface area contributed by atoms with Gasteiger partial charge in [-0.25, -0.2) is 4.79 Å². The maximum atomic E-state index is 12.2. The number of nitrogens with one attached hydrogen (secondary N) is 1. The zero-order chi connectivity index (χ0) is 14.5. The number of methoxy groups -OCH3 is 1. The van der Waals surface area contributed by atoms with Crippen molar-refractivity contribution in [3.05, 3.63) is 29.8 Å². The van der Waals surface area contributed by atoms with Crippen LogP contribution in [0.5, 0.6) is 0 Å². The molecule has 1 N–H and O–H groups in total. The first-order chi connectivity index (χ1) is 8.85. The lowest BCUT2D eigenvalue weighted by Crippen LogP contribution is -2.29. The first kappa shape index (κ1) is 15.3. The summed E-state index contributed by atoms with van der Waals surface area (Å²) < 4.78 is 41.2. The SMILES string of the molecule is CC[C@H](Nc1ccc(CC(F)(F)F)cc1)C(=O)OC. The fraction of sp³-hybridized carbons (Fsp3) is 0.462. The summed E-state index contributed by atoms with van der Waals surface area (Å²) in [6.07, 6.45) is -4.65. The molecule has 1 aromatic rings. The van der Waals surface area contributed by atoms with Gasteiger partial charge in [-0.2, -0.15) is 13.2 Å². The molecular weight excluding hydrogens is 259 g/mol. The van der Waals surface area contributed by atoms with Crippen molar-refractivity contribution >= 4 is 11.7 Å².